The standard InChI is InChI=1S/C25H26ClN3O3/c1-29(17-20-12-6-3-7-13-20)18-21(16-19-10-4-2-5-11-19)32-23-15-9-8-14-22(23)27-28-24(26)25(30)31/h2-15,21,27H,16-18H2,1H3,(H,30,31)/b28-24-. The van der Waals surface area contributed by atoms with Gasteiger partial charge in [-0.1, -0.05) is 84.4 Å². The third-order valence-corrected chi connectivity index (χ3v) is 4.99. The molecule has 0 bridgehead atoms. The molecular formula is C25H26ClN3O3. The Bertz CT molecular complexity index is 1030. The number of nitrogens with one attached hydrogen (secondary N) is 1. The van der Waals surface area contributed by atoms with Crippen molar-refractivity contribution in [2.75, 3.05) is 19.0 Å². The van der Waals surface area contributed by atoms with E-state index in [9.17, 15) is 4.79 Å². The predicted molar refractivity (Wildman–Crippen MR) is 128 cm³/mol. The molecule has 3 rings (SSSR count). The molecule has 166 valence electrons. The smallest absolute Gasteiger partial charge is 0.368 e. The summed E-state index contributed by atoms with van der Waals surface area (Å²) in [4.78, 5) is 13.1. The number of para-hydroxylation sites is 2. The molecule has 1 unspecified atom stereocenters. The Morgan fingerprint density at radius 3 is 2.25 bits per heavy atom. The lowest BCUT2D eigenvalue weighted by atomic mass is 10.1. The average Bonchev–Trinajstić information content (AvgIpc) is 2.79. The van der Waals surface area contributed by atoms with Crippen LogP contribution in [-0.2, 0) is 17.8 Å². The summed E-state index contributed by atoms with van der Waals surface area (Å²) in [5.74, 6) is -0.734. The molecule has 2 N–H and O–H groups in total. The fourth-order valence-electron chi connectivity index (χ4n) is 3.33. The number of likely N-dealkylation sites (N-methyl/N-ethyl adjacent to an activating group) is 1. The van der Waals surface area contributed by atoms with E-state index >= 15 is 0 Å². The first-order valence-electron chi connectivity index (χ1n) is 10.3. The van der Waals surface area contributed by atoms with Gasteiger partial charge in [0.15, 0.2) is 0 Å². The number of carboxylic acid groups (broad SMARTS) is 1. The quantitative estimate of drug-likeness (QED) is 0.322. The van der Waals surface area contributed by atoms with E-state index < -0.39 is 11.1 Å². The summed E-state index contributed by atoms with van der Waals surface area (Å²) < 4.78 is 6.39. The van der Waals surface area contributed by atoms with E-state index in [1.807, 2.05) is 54.6 Å². The molecule has 0 saturated heterocycles. The number of anilines is 1. The molecular weight excluding hydrogens is 426 g/mol. The van der Waals surface area contributed by atoms with E-state index in [1.165, 1.54) is 11.1 Å². The second-order valence-corrected chi connectivity index (χ2v) is 7.79. The Hall–Kier alpha value is -3.35. The molecule has 3 aromatic carbocycles. The van der Waals surface area contributed by atoms with Gasteiger partial charge in [0.25, 0.3) is 0 Å². The first kappa shape index (κ1) is 23.3. The van der Waals surface area contributed by atoms with Crippen LogP contribution in [0.5, 0.6) is 5.75 Å². The van der Waals surface area contributed by atoms with E-state index in [4.69, 9.17) is 21.4 Å². The Balaban J connectivity index is 1.76. The summed E-state index contributed by atoms with van der Waals surface area (Å²) >= 11 is 5.62. The molecule has 7 heteroatoms. The van der Waals surface area contributed by atoms with E-state index in [-0.39, 0.29) is 6.10 Å². The van der Waals surface area contributed by atoms with Crippen LogP contribution in [0.2, 0.25) is 0 Å². The van der Waals surface area contributed by atoms with Crippen LogP contribution in [0.15, 0.2) is 90.0 Å². The van der Waals surface area contributed by atoms with E-state index in [0.717, 1.165) is 6.54 Å². The maximum absolute atomic E-state index is 10.9. The monoisotopic (exact) mass is 451 g/mol. The Labute approximate surface area is 193 Å². The van der Waals surface area contributed by atoms with Crippen molar-refractivity contribution in [2.45, 2.75) is 19.1 Å². The molecule has 0 aromatic heterocycles. The van der Waals surface area contributed by atoms with Gasteiger partial charge < -0.3 is 9.84 Å². The van der Waals surface area contributed by atoms with Gasteiger partial charge in [-0.2, -0.15) is 5.10 Å². The molecule has 3 aromatic rings. The number of carbonyl (C=O) groups is 1. The highest BCUT2D eigenvalue weighted by molar-refractivity contribution is 6.81. The van der Waals surface area contributed by atoms with Crippen molar-refractivity contribution < 1.29 is 14.6 Å². The first-order valence-corrected chi connectivity index (χ1v) is 10.6. The van der Waals surface area contributed by atoms with Crippen molar-refractivity contribution in [3.63, 3.8) is 0 Å². The maximum atomic E-state index is 10.9. The SMILES string of the molecule is CN(Cc1ccccc1)CC(Cc1ccccc1)Oc1ccccc1N/N=C(\Cl)C(=O)O. The Morgan fingerprint density at radius 2 is 1.59 bits per heavy atom. The minimum Gasteiger partial charge on any atom is -0.487 e. The third-order valence-electron chi connectivity index (χ3n) is 4.75. The van der Waals surface area contributed by atoms with Gasteiger partial charge in [0.2, 0.25) is 5.17 Å². The van der Waals surface area contributed by atoms with Crippen molar-refractivity contribution in [3.8, 4) is 5.75 Å². The number of halogens is 1. The third kappa shape index (κ3) is 7.41. The van der Waals surface area contributed by atoms with E-state index in [1.54, 1.807) is 6.07 Å². The lowest BCUT2D eigenvalue weighted by Gasteiger charge is -2.26. The van der Waals surface area contributed by atoms with Crippen LogP contribution in [0.25, 0.3) is 0 Å². The molecule has 32 heavy (non-hydrogen) atoms. The molecule has 6 nitrogen and oxygen atoms in total. The zero-order chi connectivity index (χ0) is 22.8. The zero-order valence-corrected chi connectivity index (χ0v) is 18.6. The lowest BCUT2D eigenvalue weighted by Crippen LogP contribution is -2.34. The molecule has 0 saturated carbocycles. The van der Waals surface area contributed by atoms with E-state index in [2.05, 4.69) is 46.7 Å². The summed E-state index contributed by atoms with van der Waals surface area (Å²) in [7, 11) is 2.06. The van der Waals surface area contributed by atoms with Crippen LogP contribution in [0.1, 0.15) is 11.1 Å². The predicted octanol–water partition coefficient (Wildman–Crippen LogP) is 4.86. The second-order valence-electron chi connectivity index (χ2n) is 7.43. The molecule has 0 radical (unpaired) electrons. The van der Waals surface area contributed by atoms with Crippen LogP contribution in [-0.4, -0.2) is 40.8 Å². The molecule has 0 aliphatic heterocycles. The highest BCUT2D eigenvalue weighted by atomic mass is 35.5. The van der Waals surface area contributed by atoms with Crippen molar-refractivity contribution >= 4 is 28.4 Å². The molecule has 0 heterocycles. The fourth-order valence-corrected chi connectivity index (χ4v) is 3.37. The lowest BCUT2D eigenvalue weighted by molar-refractivity contribution is -0.129. The number of aliphatic carboxylic acids is 1. The van der Waals surface area contributed by atoms with Gasteiger partial charge in [-0.3, -0.25) is 10.3 Å². The van der Waals surface area contributed by atoms with Gasteiger partial charge >= 0.3 is 5.97 Å². The van der Waals surface area contributed by atoms with Gasteiger partial charge in [-0.15, -0.1) is 0 Å². The van der Waals surface area contributed by atoms with Crippen molar-refractivity contribution in [1.29, 1.82) is 0 Å². The molecule has 0 aliphatic rings. The zero-order valence-electron chi connectivity index (χ0n) is 17.8. The number of carboxylic acids is 1. The Kier molecular flexibility index (Phi) is 8.66. The van der Waals surface area contributed by atoms with E-state index in [0.29, 0.717) is 24.4 Å². The summed E-state index contributed by atoms with van der Waals surface area (Å²) in [6, 6.07) is 27.7. The summed E-state index contributed by atoms with van der Waals surface area (Å²) in [5, 5.41) is 12.1. The number of hydrogen-bond donors (Lipinski definition) is 2. The second kappa shape index (κ2) is 11.9. The topological polar surface area (TPSA) is 74.2 Å². The van der Waals surface area contributed by atoms with Crippen LogP contribution in [0, 0.1) is 0 Å². The molecule has 0 fully saturated rings. The molecule has 0 amide bonds. The average molecular weight is 452 g/mol. The van der Waals surface area contributed by atoms with Gasteiger partial charge in [0, 0.05) is 19.5 Å². The van der Waals surface area contributed by atoms with Crippen LogP contribution >= 0.6 is 11.6 Å². The number of hydrazone groups is 1. The number of nitrogens with zero attached hydrogens (tertiary/aromatic N) is 2. The summed E-state index contributed by atoms with van der Waals surface area (Å²) in [6.07, 6.45) is 0.570. The largest absolute Gasteiger partial charge is 0.487 e. The van der Waals surface area contributed by atoms with Crippen LogP contribution in [0.3, 0.4) is 0 Å². The Morgan fingerprint density at radius 1 is 1.00 bits per heavy atom. The number of ether oxygens (including phenoxy) is 1. The minimum atomic E-state index is -1.30. The van der Waals surface area contributed by atoms with Crippen molar-refractivity contribution in [3.05, 3.63) is 96.1 Å². The van der Waals surface area contributed by atoms with Crippen LogP contribution < -0.4 is 10.2 Å². The molecule has 0 spiro atoms. The highest BCUT2D eigenvalue weighted by Gasteiger charge is 2.17. The van der Waals surface area contributed by atoms with Crippen molar-refractivity contribution in [1.82, 2.24) is 4.90 Å². The van der Waals surface area contributed by atoms with Crippen molar-refractivity contribution in [2.24, 2.45) is 5.10 Å². The minimum absolute atomic E-state index is 0.145. The first-order chi connectivity index (χ1) is 15.5. The summed E-state index contributed by atoms with van der Waals surface area (Å²) in [6.45, 7) is 1.49. The number of rotatable bonds is 11. The van der Waals surface area contributed by atoms with Crippen LogP contribution in [0.4, 0.5) is 5.69 Å². The van der Waals surface area contributed by atoms with Gasteiger partial charge in [0.1, 0.15) is 11.9 Å². The highest BCUT2D eigenvalue weighted by Crippen LogP contribution is 2.26. The molecule has 0 aliphatic carbocycles. The van der Waals surface area contributed by atoms with Gasteiger partial charge in [-0.05, 0) is 30.3 Å². The maximum Gasteiger partial charge on any atom is 0.368 e. The normalized spacial score (nSPS) is 12.4. The van der Waals surface area contributed by atoms with Gasteiger partial charge in [-0.25, -0.2) is 4.79 Å². The number of benzene rings is 3. The fraction of sp³-hybridized carbons (Fsp3) is 0.200. The number of hydrogen-bond acceptors (Lipinski definition) is 5. The molecule has 1 atom stereocenters. The summed E-state index contributed by atoms with van der Waals surface area (Å²) in [5.41, 5.74) is 5.63. The van der Waals surface area contributed by atoms with Gasteiger partial charge in [0.05, 0.1) is 5.69 Å².